The van der Waals surface area contributed by atoms with Crippen molar-refractivity contribution in [3.05, 3.63) is 12.3 Å². The minimum absolute atomic E-state index is 0. The first-order valence-electron chi connectivity index (χ1n) is 3.78. The number of hydrogen-bond acceptors (Lipinski definition) is 4. The molecule has 66 valence electrons. The Morgan fingerprint density at radius 1 is 1.42 bits per heavy atom. The molecular formula is C7H10ClN3O. The lowest BCUT2D eigenvalue weighted by atomic mass is 9.40. The van der Waals surface area contributed by atoms with Crippen molar-refractivity contribution in [2.45, 2.75) is 30.2 Å². The normalized spacial score (nSPS) is 42.4. The van der Waals surface area contributed by atoms with E-state index in [1.54, 1.807) is 0 Å². The zero-order valence-corrected chi connectivity index (χ0v) is 7.30. The van der Waals surface area contributed by atoms with Crippen LogP contribution in [-0.4, -0.2) is 15.7 Å². The van der Waals surface area contributed by atoms with Crippen LogP contribution in [0.4, 0.5) is 0 Å². The highest BCUT2D eigenvalue weighted by Gasteiger charge is 2.69. The molecule has 0 aromatic carbocycles. The highest BCUT2D eigenvalue weighted by Crippen LogP contribution is 2.65. The fourth-order valence-electron chi connectivity index (χ4n) is 2.50. The molecule has 0 amide bonds. The van der Waals surface area contributed by atoms with Crippen LogP contribution in [0.2, 0.25) is 0 Å². The Morgan fingerprint density at radius 3 is 2.50 bits per heavy atom. The van der Waals surface area contributed by atoms with Crippen molar-refractivity contribution in [3.8, 4) is 0 Å². The van der Waals surface area contributed by atoms with Crippen LogP contribution in [0.1, 0.15) is 25.2 Å². The molecule has 0 unspecified atom stereocenters. The van der Waals surface area contributed by atoms with Crippen LogP contribution in [0.25, 0.3) is 0 Å². The second-order valence-electron chi connectivity index (χ2n) is 3.92. The molecule has 0 saturated heterocycles. The lowest BCUT2D eigenvalue weighted by molar-refractivity contribution is -0.0767. The van der Waals surface area contributed by atoms with Gasteiger partial charge in [-0.2, -0.15) is 0 Å². The van der Waals surface area contributed by atoms with Crippen LogP contribution in [-0.2, 0) is 5.41 Å². The third-order valence-electron chi connectivity index (χ3n) is 2.89. The Kier molecular flexibility index (Phi) is 1.34. The number of nitrogens with two attached hydrogens (primary N) is 1. The number of rotatable bonds is 1. The quantitative estimate of drug-likeness (QED) is 0.700. The van der Waals surface area contributed by atoms with E-state index in [2.05, 4.69) is 10.2 Å². The van der Waals surface area contributed by atoms with Crippen LogP contribution in [0.3, 0.4) is 0 Å². The van der Waals surface area contributed by atoms with E-state index in [0.717, 1.165) is 25.2 Å². The smallest absolute Gasteiger partial charge is 0.222 e. The van der Waals surface area contributed by atoms with E-state index in [4.69, 9.17) is 10.2 Å². The van der Waals surface area contributed by atoms with Crippen LogP contribution in [0, 0.1) is 0 Å². The second-order valence-corrected chi connectivity index (χ2v) is 3.92. The highest BCUT2D eigenvalue weighted by molar-refractivity contribution is 5.85. The fourth-order valence-corrected chi connectivity index (χ4v) is 2.50. The molecule has 3 fully saturated rings. The van der Waals surface area contributed by atoms with E-state index in [1.807, 2.05) is 0 Å². The lowest BCUT2D eigenvalue weighted by Crippen LogP contribution is -2.74. The molecule has 1 heterocycles. The number of hydrogen-bond donors (Lipinski definition) is 1. The summed E-state index contributed by atoms with van der Waals surface area (Å²) >= 11 is 0. The molecule has 3 aliphatic carbocycles. The maximum Gasteiger partial charge on any atom is 0.222 e. The van der Waals surface area contributed by atoms with Gasteiger partial charge in [0.2, 0.25) is 12.3 Å². The van der Waals surface area contributed by atoms with Gasteiger partial charge >= 0.3 is 0 Å². The molecular weight excluding hydrogens is 178 g/mol. The Labute approximate surface area is 75.9 Å². The first-order valence-corrected chi connectivity index (χ1v) is 3.78. The molecule has 3 aliphatic rings. The average molecular weight is 188 g/mol. The molecule has 12 heavy (non-hydrogen) atoms. The van der Waals surface area contributed by atoms with Crippen LogP contribution in [0.5, 0.6) is 0 Å². The summed E-state index contributed by atoms with van der Waals surface area (Å²) in [7, 11) is 0. The summed E-state index contributed by atoms with van der Waals surface area (Å²) in [5.41, 5.74) is 6.19. The van der Waals surface area contributed by atoms with E-state index in [1.165, 1.54) is 6.39 Å². The van der Waals surface area contributed by atoms with Gasteiger partial charge in [-0.15, -0.1) is 22.6 Å². The molecule has 1 aromatic rings. The summed E-state index contributed by atoms with van der Waals surface area (Å²) in [5.74, 6) is 0.782. The minimum Gasteiger partial charge on any atom is -0.427 e. The van der Waals surface area contributed by atoms with Crippen LogP contribution < -0.4 is 5.73 Å². The van der Waals surface area contributed by atoms with Gasteiger partial charge < -0.3 is 10.2 Å². The average Bonchev–Trinajstić information content (AvgIpc) is 2.28. The molecule has 5 heteroatoms. The SMILES string of the molecule is Cl.NC12CC(c3nnco3)(C1)C2. The fraction of sp³-hybridized carbons (Fsp3) is 0.714. The van der Waals surface area contributed by atoms with E-state index in [-0.39, 0.29) is 23.4 Å². The number of halogens is 1. The summed E-state index contributed by atoms with van der Waals surface area (Å²) in [5, 5.41) is 7.57. The summed E-state index contributed by atoms with van der Waals surface area (Å²) in [6.45, 7) is 0. The van der Waals surface area contributed by atoms with Gasteiger partial charge in [-0.1, -0.05) is 0 Å². The van der Waals surface area contributed by atoms with Gasteiger partial charge in [-0.05, 0) is 19.3 Å². The summed E-state index contributed by atoms with van der Waals surface area (Å²) in [6.07, 6.45) is 4.48. The van der Waals surface area contributed by atoms with Gasteiger partial charge in [-0.25, -0.2) is 0 Å². The molecule has 2 N–H and O–H groups in total. The van der Waals surface area contributed by atoms with Crippen molar-refractivity contribution >= 4 is 12.4 Å². The lowest BCUT2D eigenvalue weighted by Gasteiger charge is -2.66. The standard InChI is InChI=1S/C7H9N3O.ClH/c8-7-1-6(2-7,3-7)5-10-9-4-11-5;/h4H,1-3,8H2;1H. The van der Waals surface area contributed by atoms with E-state index in [0.29, 0.717) is 0 Å². The van der Waals surface area contributed by atoms with Gasteiger partial charge in [0.25, 0.3) is 0 Å². The molecule has 2 bridgehead atoms. The van der Waals surface area contributed by atoms with Crippen molar-refractivity contribution in [3.63, 3.8) is 0 Å². The van der Waals surface area contributed by atoms with Gasteiger partial charge in [0, 0.05) is 5.54 Å². The van der Waals surface area contributed by atoms with Crippen molar-refractivity contribution in [1.29, 1.82) is 0 Å². The van der Waals surface area contributed by atoms with E-state index >= 15 is 0 Å². The predicted octanol–water partition coefficient (Wildman–Crippen LogP) is 0.624. The molecule has 0 aliphatic heterocycles. The largest absolute Gasteiger partial charge is 0.427 e. The molecule has 3 saturated carbocycles. The first-order chi connectivity index (χ1) is 5.23. The minimum atomic E-state index is 0. The van der Waals surface area contributed by atoms with E-state index < -0.39 is 0 Å². The maximum absolute atomic E-state index is 5.89. The molecule has 4 nitrogen and oxygen atoms in total. The topological polar surface area (TPSA) is 64.9 Å². The Morgan fingerprint density at radius 2 is 2.08 bits per heavy atom. The number of nitrogens with zero attached hydrogens (tertiary/aromatic N) is 2. The Bertz CT molecular complexity index is 278. The van der Waals surface area contributed by atoms with Crippen molar-refractivity contribution in [1.82, 2.24) is 10.2 Å². The van der Waals surface area contributed by atoms with Crippen molar-refractivity contribution in [2.24, 2.45) is 5.73 Å². The van der Waals surface area contributed by atoms with Gasteiger partial charge in [0.1, 0.15) is 0 Å². The zero-order chi connectivity index (χ0) is 7.53. The molecule has 4 rings (SSSR count). The maximum atomic E-state index is 5.89. The molecule has 0 radical (unpaired) electrons. The summed E-state index contributed by atoms with van der Waals surface area (Å²) in [4.78, 5) is 0. The summed E-state index contributed by atoms with van der Waals surface area (Å²) in [6, 6.07) is 0. The van der Waals surface area contributed by atoms with E-state index in [9.17, 15) is 0 Å². The third-order valence-corrected chi connectivity index (χ3v) is 2.89. The monoisotopic (exact) mass is 187 g/mol. The molecule has 1 aromatic heterocycles. The molecule has 0 spiro atoms. The highest BCUT2D eigenvalue weighted by atomic mass is 35.5. The van der Waals surface area contributed by atoms with Gasteiger partial charge in [0.05, 0.1) is 5.41 Å². The second kappa shape index (κ2) is 2.00. The van der Waals surface area contributed by atoms with Gasteiger partial charge in [0.15, 0.2) is 0 Å². The Balaban J connectivity index is 0.000000563. The Hall–Kier alpha value is -0.610. The first kappa shape index (κ1) is 8.01. The van der Waals surface area contributed by atoms with Gasteiger partial charge in [-0.3, -0.25) is 0 Å². The van der Waals surface area contributed by atoms with Crippen LogP contribution >= 0.6 is 12.4 Å². The zero-order valence-electron chi connectivity index (χ0n) is 6.49. The summed E-state index contributed by atoms with van der Waals surface area (Å²) < 4.78 is 5.15. The van der Waals surface area contributed by atoms with Crippen LogP contribution in [0.15, 0.2) is 10.8 Å². The predicted molar refractivity (Wildman–Crippen MR) is 44.0 cm³/mol. The molecule has 0 atom stereocenters. The number of aromatic nitrogens is 2. The van der Waals surface area contributed by atoms with Crippen molar-refractivity contribution in [2.75, 3.05) is 0 Å². The third kappa shape index (κ3) is 0.716. The van der Waals surface area contributed by atoms with Crippen molar-refractivity contribution < 1.29 is 4.42 Å².